The molecule has 0 saturated carbocycles. The van der Waals surface area contributed by atoms with E-state index in [0.29, 0.717) is 16.9 Å². The maximum absolute atomic E-state index is 12.2. The third-order valence-electron chi connectivity index (χ3n) is 4.58. The molecular formula is C24H25BrF3N3OS. The van der Waals surface area contributed by atoms with Gasteiger partial charge in [0.25, 0.3) is 5.91 Å². The van der Waals surface area contributed by atoms with Crippen LogP contribution in [-0.4, -0.2) is 15.5 Å². The Morgan fingerprint density at radius 1 is 1.15 bits per heavy atom. The highest BCUT2D eigenvalue weighted by Gasteiger charge is 2.32. The normalized spacial score (nSPS) is 10.8. The molecule has 4 nitrogen and oxygen atoms in total. The van der Waals surface area contributed by atoms with E-state index in [1.54, 1.807) is 19.3 Å². The monoisotopic (exact) mass is 539 g/mol. The molecule has 9 heteroatoms. The van der Waals surface area contributed by atoms with Crippen molar-refractivity contribution in [3.63, 3.8) is 0 Å². The molecule has 176 valence electrons. The van der Waals surface area contributed by atoms with E-state index >= 15 is 0 Å². The number of alkyl halides is 3. The molecule has 2 aromatic heterocycles. The summed E-state index contributed by atoms with van der Waals surface area (Å²) in [5, 5.41) is 0.941. The van der Waals surface area contributed by atoms with Crippen molar-refractivity contribution in [1.82, 2.24) is 9.55 Å². The number of imidazole rings is 1. The summed E-state index contributed by atoms with van der Waals surface area (Å²) < 4.78 is 39.7. The van der Waals surface area contributed by atoms with Gasteiger partial charge in [0.05, 0.1) is 21.5 Å². The predicted octanol–water partition coefficient (Wildman–Crippen LogP) is 7.55. The predicted molar refractivity (Wildman–Crippen MR) is 132 cm³/mol. The summed E-state index contributed by atoms with van der Waals surface area (Å²) >= 11 is 4.81. The van der Waals surface area contributed by atoms with Gasteiger partial charge >= 0.3 is 6.18 Å². The van der Waals surface area contributed by atoms with Gasteiger partial charge in [-0.3, -0.25) is 9.36 Å². The summed E-state index contributed by atoms with van der Waals surface area (Å²) in [5.74, 6) is -0.388. The van der Waals surface area contributed by atoms with Crippen LogP contribution in [0.3, 0.4) is 0 Å². The zero-order valence-electron chi connectivity index (χ0n) is 18.7. The van der Waals surface area contributed by atoms with E-state index in [1.807, 2.05) is 49.6 Å². The quantitative estimate of drug-likeness (QED) is 0.292. The summed E-state index contributed by atoms with van der Waals surface area (Å²) in [6, 6.07) is 13.5. The number of nitrogens with zero attached hydrogens (tertiary/aromatic N) is 2. The fraction of sp³-hybridized carbons (Fsp3) is 0.250. The molecule has 0 spiro atoms. The zero-order valence-corrected chi connectivity index (χ0v) is 21.1. The number of nitrogens with two attached hydrogens (primary N) is 1. The first-order chi connectivity index (χ1) is 15.6. The molecule has 4 aromatic rings. The molecule has 4 rings (SSSR count). The second kappa shape index (κ2) is 11.5. The van der Waals surface area contributed by atoms with Gasteiger partial charge in [-0.1, -0.05) is 54.9 Å². The minimum Gasteiger partial charge on any atom is -0.365 e. The van der Waals surface area contributed by atoms with E-state index in [9.17, 15) is 18.0 Å². The molecule has 2 aromatic carbocycles. The van der Waals surface area contributed by atoms with E-state index in [4.69, 9.17) is 5.73 Å². The van der Waals surface area contributed by atoms with E-state index in [-0.39, 0.29) is 5.91 Å². The second-order valence-electron chi connectivity index (χ2n) is 6.72. The molecule has 0 aliphatic rings. The number of carbonyl (C=O) groups is 1. The number of hydrogen-bond acceptors (Lipinski definition) is 3. The molecule has 0 unspecified atom stereocenters. The summed E-state index contributed by atoms with van der Waals surface area (Å²) in [6.45, 7) is 7.60. The fourth-order valence-electron chi connectivity index (χ4n) is 3.10. The lowest BCUT2D eigenvalue weighted by Gasteiger charge is -2.10. The average Bonchev–Trinajstić information content (AvgIpc) is 3.37. The number of aromatic nitrogens is 2. The summed E-state index contributed by atoms with van der Waals surface area (Å²) in [5.41, 5.74) is 7.98. The van der Waals surface area contributed by atoms with Crippen molar-refractivity contribution in [2.75, 3.05) is 0 Å². The number of hydrogen-bond donors (Lipinski definition) is 1. The number of thiophene rings is 1. The first-order valence-electron chi connectivity index (χ1n) is 10.3. The summed E-state index contributed by atoms with van der Waals surface area (Å²) in [7, 11) is 0. The molecule has 0 bridgehead atoms. The van der Waals surface area contributed by atoms with Crippen LogP contribution in [-0.2, 0) is 12.6 Å². The average molecular weight is 540 g/mol. The lowest BCUT2D eigenvalue weighted by Crippen LogP contribution is -2.09. The molecule has 0 saturated heterocycles. The van der Waals surface area contributed by atoms with Gasteiger partial charge in [0.2, 0.25) is 0 Å². The maximum atomic E-state index is 12.2. The largest absolute Gasteiger partial charge is 0.416 e. The van der Waals surface area contributed by atoms with Gasteiger partial charge in [0.15, 0.2) is 0 Å². The molecule has 33 heavy (non-hydrogen) atoms. The zero-order chi connectivity index (χ0) is 24.8. The van der Waals surface area contributed by atoms with E-state index in [2.05, 4.69) is 20.9 Å². The van der Waals surface area contributed by atoms with Crippen LogP contribution in [0.25, 0.3) is 16.0 Å². The van der Waals surface area contributed by atoms with Gasteiger partial charge in [-0.05, 0) is 54.8 Å². The maximum Gasteiger partial charge on any atom is 0.416 e. The number of halogens is 4. The minimum absolute atomic E-state index is 0.352. The van der Waals surface area contributed by atoms with E-state index in [0.717, 1.165) is 32.1 Å². The standard InChI is InChI=1S/C13H10BrN3OS.C9H9F3.C2H6/c1-7-4-11(19-12(7)13(15)18)17-6-16-9-5-8(14)2-3-10(9)17;1-2-7-5-3-4-6-8(7)9(10,11)12;1-2/h2-6H,1H3,(H2,15,18);3-6H,2H2,1H3;1-2H3. The van der Waals surface area contributed by atoms with Crippen molar-refractivity contribution in [2.24, 2.45) is 5.73 Å². The number of fused-ring (bicyclic) bond motifs is 1. The van der Waals surface area contributed by atoms with Crippen molar-refractivity contribution in [1.29, 1.82) is 0 Å². The molecule has 0 aliphatic heterocycles. The molecule has 0 fully saturated rings. The Hall–Kier alpha value is -2.65. The number of benzene rings is 2. The summed E-state index contributed by atoms with van der Waals surface area (Å²) in [6.07, 6.45) is -2.05. The van der Waals surface area contributed by atoms with Gasteiger partial charge in [-0.25, -0.2) is 4.98 Å². The topological polar surface area (TPSA) is 60.9 Å². The third kappa shape index (κ3) is 6.45. The van der Waals surface area contributed by atoms with Gasteiger partial charge in [-0.15, -0.1) is 11.3 Å². The van der Waals surface area contributed by atoms with Crippen LogP contribution < -0.4 is 5.73 Å². The Bertz CT molecular complexity index is 1230. The lowest BCUT2D eigenvalue weighted by atomic mass is 10.1. The minimum atomic E-state index is -4.22. The van der Waals surface area contributed by atoms with Gasteiger partial charge in [-0.2, -0.15) is 13.2 Å². The Morgan fingerprint density at radius 2 is 1.82 bits per heavy atom. The van der Waals surface area contributed by atoms with Crippen LogP contribution in [0.2, 0.25) is 0 Å². The van der Waals surface area contributed by atoms with Crippen LogP contribution in [0.4, 0.5) is 13.2 Å². The molecule has 0 radical (unpaired) electrons. The lowest BCUT2D eigenvalue weighted by molar-refractivity contribution is -0.138. The van der Waals surface area contributed by atoms with Crippen molar-refractivity contribution in [3.8, 4) is 5.00 Å². The van der Waals surface area contributed by atoms with Crippen LogP contribution in [0.1, 0.15) is 47.1 Å². The SMILES string of the molecule is CC.CCc1ccccc1C(F)(F)F.Cc1cc(-n2cnc3cc(Br)ccc32)sc1C(N)=O. The molecule has 2 N–H and O–H groups in total. The highest BCUT2D eigenvalue weighted by molar-refractivity contribution is 9.10. The fourth-order valence-corrected chi connectivity index (χ4v) is 4.45. The number of carbonyl (C=O) groups excluding carboxylic acids is 1. The van der Waals surface area contributed by atoms with Crippen molar-refractivity contribution >= 4 is 44.2 Å². The molecule has 0 aliphatic carbocycles. The van der Waals surface area contributed by atoms with Crippen LogP contribution in [0, 0.1) is 6.92 Å². The number of amides is 1. The second-order valence-corrected chi connectivity index (χ2v) is 8.66. The van der Waals surface area contributed by atoms with Gasteiger partial charge in [0.1, 0.15) is 11.3 Å². The van der Waals surface area contributed by atoms with Crippen molar-refractivity contribution in [2.45, 2.75) is 40.3 Å². The Morgan fingerprint density at radius 3 is 2.36 bits per heavy atom. The summed E-state index contributed by atoms with van der Waals surface area (Å²) in [4.78, 5) is 16.3. The first-order valence-corrected chi connectivity index (χ1v) is 11.9. The highest BCUT2D eigenvalue weighted by atomic mass is 79.9. The third-order valence-corrected chi connectivity index (χ3v) is 6.32. The van der Waals surface area contributed by atoms with Crippen LogP contribution >= 0.6 is 27.3 Å². The van der Waals surface area contributed by atoms with Crippen LogP contribution in [0.5, 0.6) is 0 Å². The first kappa shape index (κ1) is 26.6. The Labute approximate surface area is 203 Å². The van der Waals surface area contributed by atoms with Gasteiger partial charge in [0, 0.05) is 4.47 Å². The highest BCUT2D eigenvalue weighted by Crippen LogP contribution is 2.32. The van der Waals surface area contributed by atoms with Crippen molar-refractivity contribution < 1.29 is 18.0 Å². The van der Waals surface area contributed by atoms with E-state index < -0.39 is 11.7 Å². The number of primary amides is 1. The van der Waals surface area contributed by atoms with Crippen molar-refractivity contribution in [3.05, 3.63) is 80.9 Å². The molecule has 0 atom stereocenters. The number of aryl methyl sites for hydroxylation is 2. The van der Waals surface area contributed by atoms with Gasteiger partial charge < -0.3 is 5.73 Å². The van der Waals surface area contributed by atoms with E-state index in [1.165, 1.54) is 23.5 Å². The van der Waals surface area contributed by atoms with Crippen LogP contribution in [0.15, 0.2) is 59.3 Å². The Balaban J connectivity index is 0.000000238. The smallest absolute Gasteiger partial charge is 0.365 e. The number of rotatable bonds is 3. The molecular weight excluding hydrogens is 515 g/mol. The molecule has 1 amide bonds. The molecule has 2 heterocycles. The Kier molecular flexibility index (Phi) is 9.25.